The van der Waals surface area contributed by atoms with Crippen LogP contribution in [0.5, 0.6) is 5.75 Å². The highest BCUT2D eigenvalue weighted by molar-refractivity contribution is 8.76. The molecule has 0 spiro atoms. The molecule has 3 aliphatic heterocycles. The van der Waals surface area contributed by atoms with Crippen LogP contribution in [0.1, 0.15) is 143 Å². The molecule has 3 N–H and O–H groups in total. The van der Waals surface area contributed by atoms with Gasteiger partial charge >= 0.3 is 12.1 Å². The third-order valence-electron chi connectivity index (χ3n) is 15.9. The molecule has 2 saturated carbocycles. The molecule has 1 aromatic rings. The Balaban J connectivity index is 1.07. The van der Waals surface area contributed by atoms with Gasteiger partial charge in [0.25, 0.3) is 0 Å². The third kappa shape index (κ3) is 15.3. The van der Waals surface area contributed by atoms with Crippen LogP contribution >= 0.6 is 33.2 Å². The number of rotatable bonds is 14. The molecule has 2 aliphatic carbocycles. The van der Waals surface area contributed by atoms with E-state index in [2.05, 4.69) is 17.6 Å². The number of hydrogen-bond acceptors (Lipinski definition) is 13. The van der Waals surface area contributed by atoms with E-state index >= 15 is 0 Å². The summed E-state index contributed by atoms with van der Waals surface area (Å²) >= 11 is 6.84. The van der Waals surface area contributed by atoms with Crippen LogP contribution in [0.2, 0.25) is 5.02 Å². The van der Waals surface area contributed by atoms with Crippen molar-refractivity contribution in [3.63, 3.8) is 0 Å². The summed E-state index contributed by atoms with van der Waals surface area (Å²) in [5.41, 5.74) is -0.968. The molecule has 402 valence electrons. The van der Waals surface area contributed by atoms with E-state index in [9.17, 15) is 29.1 Å². The molecule has 72 heavy (non-hydrogen) atoms. The van der Waals surface area contributed by atoms with Crippen LogP contribution in [-0.2, 0) is 44.5 Å². The van der Waals surface area contributed by atoms with E-state index in [1.54, 1.807) is 73.8 Å². The molecule has 11 atom stereocenters. The largest absolute Gasteiger partial charge is 0.495 e. The highest BCUT2D eigenvalue weighted by atomic mass is 35.5. The van der Waals surface area contributed by atoms with Crippen LogP contribution < -0.4 is 20.3 Å². The summed E-state index contributed by atoms with van der Waals surface area (Å²) in [4.78, 5) is 70.9. The van der Waals surface area contributed by atoms with Crippen molar-refractivity contribution >= 4 is 68.7 Å². The number of epoxide rings is 1. The minimum atomic E-state index is -1.84. The number of nitrogens with zero attached hydrogens (tertiary/aromatic N) is 2. The van der Waals surface area contributed by atoms with Crippen molar-refractivity contribution in [1.29, 1.82) is 0 Å². The highest BCUT2D eigenvalue weighted by Gasteiger charge is 2.64. The van der Waals surface area contributed by atoms with Crippen LogP contribution in [0.4, 0.5) is 10.5 Å². The zero-order valence-corrected chi connectivity index (χ0v) is 46.4. The van der Waals surface area contributed by atoms with Crippen molar-refractivity contribution in [3.05, 3.63) is 46.5 Å². The quantitative estimate of drug-likeness (QED) is 0.0693. The van der Waals surface area contributed by atoms with Crippen molar-refractivity contribution in [2.24, 2.45) is 17.8 Å². The van der Waals surface area contributed by atoms with Gasteiger partial charge in [0.1, 0.15) is 40.7 Å². The SMILES string of the molecule is COc1cc2cc(c1Cl)N(C)C(=O)C[C@@H](OC(=O)[C@@H](C)N(C)C(=O)CCSSC(C)CCC(=O)NC1CCC3CCCCCC(CC3)CC1)[C@@]1(C)O[C@@H]1[C@@H](C)[C@H]1C[C@](O)(NC(=O)O1)[C@@H](OC)/C=C/C=C(\C)C2. The first-order chi connectivity index (χ1) is 34.2. The normalized spacial score (nSPS) is 32.4. The van der Waals surface area contributed by atoms with Gasteiger partial charge in [-0.2, -0.15) is 0 Å². The Hall–Kier alpha value is -3.48. The van der Waals surface area contributed by atoms with Gasteiger partial charge in [-0.3, -0.25) is 19.7 Å². The number of benzene rings is 1. The second-order valence-electron chi connectivity index (χ2n) is 21.3. The molecule has 0 radical (unpaired) electrons. The van der Waals surface area contributed by atoms with Crippen LogP contribution in [-0.4, -0.2) is 127 Å². The maximum atomic E-state index is 14.4. The molecule has 3 unspecified atom stereocenters. The highest BCUT2D eigenvalue weighted by Crippen LogP contribution is 2.49. The Morgan fingerprint density at radius 3 is 2.38 bits per heavy atom. The molecule has 1 aromatic carbocycles. The maximum absolute atomic E-state index is 14.4. The lowest BCUT2D eigenvalue weighted by molar-refractivity contribution is -0.162. The lowest BCUT2D eigenvalue weighted by Crippen LogP contribution is -2.63. The summed E-state index contributed by atoms with van der Waals surface area (Å²) in [6.45, 7) is 9.16. The fourth-order valence-electron chi connectivity index (χ4n) is 10.9. The summed E-state index contributed by atoms with van der Waals surface area (Å²) in [7, 11) is 9.31. The predicted octanol–water partition coefficient (Wildman–Crippen LogP) is 9.49. The minimum Gasteiger partial charge on any atom is -0.495 e. The molecule has 6 bridgehead atoms. The smallest absolute Gasteiger partial charge is 0.409 e. The second kappa shape index (κ2) is 26.3. The molecular weight excluding hydrogens is 980 g/mol. The Morgan fingerprint density at radius 1 is 1.03 bits per heavy atom. The number of carbonyl (C=O) groups excluding carboxylic acids is 5. The van der Waals surface area contributed by atoms with Crippen LogP contribution in [0.25, 0.3) is 0 Å². The van der Waals surface area contributed by atoms with Crippen LogP contribution in [0.15, 0.2) is 35.9 Å². The number of allylic oxidation sites excluding steroid dienone is 3. The number of halogens is 1. The van der Waals surface area contributed by atoms with Gasteiger partial charge in [-0.25, -0.2) is 9.59 Å². The fraction of sp³-hybridized carbons (Fsp3) is 0.722. The lowest BCUT2D eigenvalue weighted by Gasteiger charge is -2.42. The van der Waals surface area contributed by atoms with Crippen molar-refractivity contribution in [2.45, 2.75) is 197 Å². The average Bonchev–Trinajstić information content (AvgIpc) is 4.00. The molecule has 6 rings (SSSR count). The van der Waals surface area contributed by atoms with E-state index < -0.39 is 65.7 Å². The number of alkyl carbamates (subject to hydrolysis) is 1. The molecule has 4 amide bonds. The van der Waals surface area contributed by atoms with Crippen LogP contribution in [0.3, 0.4) is 0 Å². The molecule has 15 nitrogen and oxygen atoms in total. The molecule has 4 fully saturated rings. The van der Waals surface area contributed by atoms with Gasteiger partial charge in [0.2, 0.25) is 17.7 Å². The number of ether oxygens (including phenoxy) is 5. The summed E-state index contributed by atoms with van der Waals surface area (Å²) in [5.74, 6) is 0.631. The maximum Gasteiger partial charge on any atom is 0.409 e. The number of anilines is 1. The number of esters is 1. The molecule has 2 saturated heterocycles. The summed E-state index contributed by atoms with van der Waals surface area (Å²) in [5, 5.41) is 18.2. The van der Waals surface area contributed by atoms with Crippen LogP contribution in [0, 0.1) is 17.8 Å². The molecule has 3 heterocycles. The van der Waals surface area contributed by atoms with E-state index in [1.165, 1.54) is 81.8 Å². The van der Waals surface area contributed by atoms with Gasteiger partial charge in [0, 0.05) is 63.4 Å². The van der Waals surface area contributed by atoms with Crippen molar-refractivity contribution < 1.29 is 52.8 Å². The monoisotopic (exact) mass is 1060 g/mol. The van der Waals surface area contributed by atoms with E-state index in [0.29, 0.717) is 30.0 Å². The fourth-order valence-corrected chi connectivity index (χ4v) is 13.6. The minimum absolute atomic E-state index is 0.0601. The topological polar surface area (TPSA) is 186 Å². The first-order valence-electron chi connectivity index (χ1n) is 26.2. The van der Waals surface area contributed by atoms with Gasteiger partial charge in [0.05, 0.1) is 25.3 Å². The summed E-state index contributed by atoms with van der Waals surface area (Å²) in [6, 6.07) is 2.85. The number of likely N-dealkylation sites (N-methyl/N-ethyl adjacent to an activating group) is 1. The molecule has 18 heteroatoms. The zero-order valence-electron chi connectivity index (χ0n) is 44.0. The zero-order chi connectivity index (χ0) is 52.3. The van der Waals surface area contributed by atoms with Gasteiger partial charge in [0.15, 0.2) is 5.72 Å². The Bertz CT molecular complexity index is 2110. The molecule has 5 aliphatic rings. The van der Waals surface area contributed by atoms with Gasteiger partial charge in [-0.15, -0.1) is 0 Å². The number of carbonyl (C=O) groups is 5. The number of amides is 4. The predicted molar refractivity (Wildman–Crippen MR) is 284 cm³/mol. The summed E-state index contributed by atoms with van der Waals surface area (Å²) < 4.78 is 29.6. The first-order valence-corrected chi connectivity index (χ1v) is 28.9. The Morgan fingerprint density at radius 2 is 1.71 bits per heavy atom. The van der Waals surface area contributed by atoms with E-state index in [-0.39, 0.29) is 47.4 Å². The second-order valence-corrected chi connectivity index (χ2v) is 24.6. The van der Waals surface area contributed by atoms with E-state index in [4.69, 9.17) is 35.3 Å². The first kappa shape index (κ1) is 57.8. The summed E-state index contributed by atoms with van der Waals surface area (Å²) in [6.07, 6.45) is 16.2. The van der Waals surface area contributed by atoms with Gasteiger partial charge < -0.3 is 43.9 Å². The van der Waals surface area contributed by atoms with E-state index in [0.717, 1.165) is 42.2 Å². The average molecular weight is 1060 g/mol. The van der Waals surface area contributed by atoms with Crippen molar-refractivity contribution in [1.82, 2.24) is 15.5 Å². The number of hydrogen-bond donors (Lipinski definition) is 3. The Labute approximate surface area is 440 Å². The van der Waals surface area contributed by atoms with E-state index in [1.807, 2.05) is 19.9 Å². The number of fused-ring (bicyclic) bond motifs is 8. The molecular formula is C54H81ClN4O11S2. The third-order valence-corrected chi connectivity index (χ3v) is 19.2. The standard InChI is InChI=1S/C54H81ClN4O11S2/c1-33-14-13-17-44(67-9)54(65)32-43(68-52(64)57-54)35(3)50-53(5,70-50)45(31-48(62)59(7)41-29-39(28-33)30-42(66-8)49(41)55)69-51(63)36(4)58(6)47(61)26-27-71-72-34(2)18-25-46(60)56-40-23-21-37-15-11-10-12-16-38(20-19-37)22-24-40/h13-14,17,29-30,34-38,40,43-45,50,65H,10-12,15-16,18-28,31-32H2,1-9H3,(H,56,60)(H,57,64)/b17-13+,33-14+/t34?,35-,36+,37?,38?,40?,43+,44-,45+,50+,53+,54+/m0/s1. The van der Waals surface area contributed by atoms with Crippen molar-refractivity contribution in [2.75, 3.05) is 39.0 Å². The number of nitrogens with one attached hydrogen (secondary N) is 2. The molecule has 0 aromatic heterocycles. The van der Waals surface area contributed by atoms with Gasteiger partial charge in [-0.1, -0.05) is 116 Å². The van der Waals surface area contributed by atoms with Crippen molar-refractivity contribution in [3.8, 4) is 5.75 Å². The lowest BCUT2D eigenvalue weighted by atomic mass is 9.83. The Kier molecular flexibility index (Phi) is 21.1. The number of methoxy groups -OCH3 is 2. The van der Waals surface area contributed by atoms with Gasteiger partial charge in [-0.05, 0) is 88.8 Å². The number of aliphatic hydroxyl groups is 1.